The molecule has 7 nitrogen and oxygen atoms in total. The Kier molecular flexibility index (Phi) is 3.58. The highest BCUT2D eigenvalue weighted by molar-refractivity contribution is 5.53. The summed E-state index contributed by atoms with van der Waals surface area (Å²) in [6.45, 7) is 3.66. The molecule has 0 atom stereocenters. The highest BCUT2D eigenvalue weighted by atomic mass is 15.4. The Bertz CT molecular complexity index is 916. The van der Waals surface area contributed by atoms with E-state index in [1.54, 1.807) is 12.3 Å². The summed E-state index contributed by atoms with van der Waals surface area (Å²) in [6, 6.07) is 9.72. The summed E-state index contributed by atoms with van der Waals surface area (Å²) in [7, 11) is 0. The highest BCUT2D eigenvalue weighted by Crippen LogP contribution is 2.29. The number of anilines is 1. The molecule has 1 aliphatic rings. The van der Waals surface area contributed by atoms with E-state index in [9.17, 15) is 5.26 Å². The van der Waals surface area contributed by atoms with Gasteiger partial charge in [0.2, 0.25) is 0 Å². The van der Waals surface area contributed by atoms with Gasteiger partial charge >= 0.3 is 0 Å². The van der Waals surface area contributed by atoms with Gasteiger partial charge < -0.3 is 4.90 Å². The van der Waals surface area contributed by atoms with Gasteiger partial charge in [-0.2, -0.15) is 14.9 Å². The molecule has 1 fully saturated rings. The van der Waals surface area contributed by atoms with Crippen molar-refractivity contribution in [2.45, 2.75) is 25.7 Å². The Morgan fingerprint density at radius 2 is 2.00 bits per heavy atom. The summed E-state index contributed by atoms with van der Waals surface area (Å²) in [5, 5.41) is 22.4. The first-order valence-electron chi connectivity index (χ1n) is 8.05. The second-order valence-corrected chi connectivity index (χ2v) is 6.05. The second-order valence-electron chi connectivity index (χ2n) is 6.05. The first kappa shape index (κ1) is 14.6. The summed E-state index contributed by atoms with van der Waals surface area (Å²) in [5.41, 5.74) is 2.36. The molecule has 4 rings (SSSR count). The molecule has 120 valence electrons. The predicted octanol–water partition coefficient (Wildman–Crippen LogP) is 2.08. The molecule has 1 saturated heterocycles. The van der Waals surface area contributed by atoms with Crippen LogP contribution < -0.4 is 4.90 Å². The molecule has 0 spiro atoms. The summed E-state index contributed by atoms with van der Waals surface area (Å²) in [5.74, 6) is 2.02. The van der Waals surface area contributed by atoms with Gasteiger partial charge in [-0.3, -0.25) is 0 Å². The number of piperidine rings is 1. The average molecular weight is 319 g/mol. The molecule has 3 aromatic heterocycles. The zero-order valence-electron chi connectivity index (χ0n) is 13.4. The molecule has 0 amide bonds. The summed E-state index contributed by atoms with van der Waals surface area (Å²) >= 11 is 0. The number of hydrogen-bond acceptors (Lipinski definition) is 6. The lowest BCUT2D eigenvalue weighted by Gasteiger charge is -2.32. The standard InChI is InChI=1S/C17H17N7/c1-12-4-5-15-20-21-17(24(15)22-12)13-6-9-23(10-7-13)16-14(11-18)3-2-8-19-16/h2-5,8,13H,6-7,9-10H2,1H3. The fraction of sp³-hybridized carbons (Fsp3) is 0.353. The first-order valence-corrected chi connectivity index (χ1v) is 8.05. The molecule has 0 bridgehead atoms. The van der Waals surface area contributed by atoms with E-state index in [1.807, 2.05) is 29.6 Å². The van der Waals surface area contributed by atoms with Crippen LogP contribution in [0.3, 0.4) is 0 Å². The maximum absolute atomic E-state index is 9.25. The third kappa shape index (κ3) is 2.46. The van der Waals surface area contributed by atoms with Gasteiger partial charge in [0.25, 0.3) is 0 Å². The number of nitrogens with zero attached hydrogens (tertiary/aromatic N) is 7. The lowest BCUT2D eigenvalue weighted by Crippen LogP contribution is -2.34. The van der Waals surface area contributed by atoms with Crippen LogP contribution in [-0.4, -0.2) is 37.9 Å². The number of rotatable bonds is 2. The summed E-state index contributed by atoms with van der Waals surface area (Å²) < 4.78 is 1.86. The van der Waals surface area contributed by atoms with Gasteiger partial charge in [-0.05, 0) is 44.0 Å². The number of nitriles is 1. The molecular weight excluding hydrogens is 302 g/mol. The Balaban J connectivity index is 1.56. The van der Waals surface area contributed by atoms with Crippen LogP contribution in [0.15, 0.2) is 30.5 Å². The van der Waals surface area contributed by atoms with Crippen molar-refractivity contribution < 1.29 is 0 Å². The molecular formula is C17H17N7. The minimum Gasteiger partial charge on any atom is -0.355 e. The van der Waals surface area contributed by atoms with Crippen LogP contribution >= 0.6 is 0 Å². The van der Waals surface area contributed by atoms with Gasteiger partial charge in [0.1, 0.15) is 11.9 Å². The second kappa shape index (κ2) is 5.89. The van der Waals surface area contributed by atoms with E-state index in [-0.39, 0.29) is 0 Å². The van der Waals surface area contributed by atoms with Crippen molar-refractivity contribution in [2.24, 2.45) is 0 Å². The third-order valence-electron chi connectivity index (χ3n) is 4.49. The Hall–Kier alpha value is -3.01. The highest BCUT2D eigenvalue weighted by Gasteiger charge is 2.26. The number of aromatic nitrogens is 5. The van der Waals surface area contributed by atoms with E-state index in [2.05, 4.69) is 31.2 Å². The van der Waals surface area contributed by atoms with E-state index < -0.39 is 0 Å². The van der Waals surface area contributed by atoms with Gasteiger partial charge in [-0.1, -0.05) is 0 Å². The molecule has 3 aromatic rings. The molecule has 1 aliphatic heterocycles. The average Bonchev–Trinajstić information content (AvgIpc) is 3.05. The SMILES string of the molecule is Cc1ccc2nnc(C3CCN(c4ncccc4C#N)CC3)n2n1. The molecule has 4 heterocycles. The minimum absolute atomic E-state index is 0.319. The van der Waals surface area contributed by atoms with Crippen molar-refractivity contribution in [3.05, 3.63) is 47.5 Å². The van der Waals surface area contributed by atoms with Crippen LogP contribution in [0.4, 0.5) is 5.82 Å². The molecule has 7 heteroatoms. The van der Waals surface area contributed by atoms with Crippen molar-refractivity contribution in [2.75, 3.05) is 18.0 Å². The molecule has 0 unspecified atom stereocenters. The van der Waals surface area contributed by atoms with Crippen LogP contribution in [0, 0.1) is 18.3 Å². The van der Waals surface area contributed by atoms with Crippen molar-refractivity contribution in [3.63, 3.8) is 0 Å². The van der Waals surface area contributed by atoms with Crippen LogP contribution in [0.25, 0.3) is 5.65 Å². The number of fused-ring (bicyclic) bond motifs is 1. The normalized spacial score (nSPS) is 15.6. The van der Waals surface area contributed by atoms with Gasteiger partial charge in [-0.15, -0.1) is 10.2 Å². The quantitative estimate of drug-likeness (QED) is 0.719. The topological polar surface area (TPSA) is 83.0 Å². The maximum Gasteiger partial charge on any atom is 0.177 e. The Morgan fingerprint density at radius 1 is 1.17 bits per heavy atom. The Labute approximate surface area is 139 Å². The summed E-state index contributed by atoms with van der Waals surface area (Å²) in [4.78, 5) is 6.56. The molecule has 0 saturated carbocycles. The fourth-order valence-electron chi connectivity index (χ4n) is 3.24. The molecule has 24 heavy (non-hydrogen) atoms. The fourth-order valence-corrected chi connectivity index (χ4v) is 3.24. The molecule has 0 radical (unpaired) electrons. The largest absolute Gasteiger partial charge is 0.355 e. The van der Waals surface area contributed by atoms with E-state index in [4.69, 9.17) is 0 Å². The van der Waals surface area contributed by atoms with Gasteiger partial charge in [0.15, 0.2) is 11.5 Å². The monoisotopic (exact) mass is 319 g/mol. The Morgan fingerprint density at radius 3 is 2.79 bits per heavy atom. The third-order valence-corrected chi connectivity index (χ3v) is 4.49. The lowest BCUT2D eigenvalue weighted by molar-refractivity contribution is 0.474. The smallest absolute Gasteiger partial charge is 0.177 e. The number of pyridine rings is 1. The molecule has 0 aliphatic carbocycles. The first-order chi connectivity index (χ1) is 11.8. The van der Waals surface area contributed by atoms with Crippen molar-refractivity contribution in [1.82, 2.24) is 24.8 Å². The number of hydrogen-bond donors (Lipinski definition) is 0. The maximum atomic E-state index is 9.25. The minimum atomic E-state index is 0.319. The molecule has 0 N–H and O–H groups in total. The van der Waals surface area contributed by atoms with Gasteiger partial charge in [0.05, 0.1) is 11.3 Å². The summed E-state index contributed by atoms with van der Waals surface area (Å²) in [6.07, 6.45) is 3.62. The van der Waals surface area contributed by atoms with Crippen molar-refractivity contribution in [1.29, 1.82) is 5.26 Å². The zero-order valence-corrected chi connectivity index (χ0v) is 13.4. The number of aryl methyl sites for hydroxylation is 1. The predicted molar refractivity (Wildman–Crippen MR) is 88.7 cm³/mol. The van der Waals surface area contributed by atoms with Crippen LogP contribution in [0.1, 0.15) is 35.8 Å². The zero-order chi connectivity index (χ0) is 16.5. The van der Waals surface area contributed by atoms with Crippen LogP contribution in [-0.2, 0) is 0 Å². The van der Waals surface area contributed by atoms with E-state index >= 15 is 0 Å². The van der Waals surface area contributed by atoms with E-state index in [0.29, 0.717) is 11.5 Å². The van der Waals surface area contributed by atoms with Crippen molar-refractivity contribution >= 4 is 11.5 Å². The van der Waals surface area contributed by atoms with E-state index in [0.717, 1.165) is 48.9 Å². The van der Waals surface area contributed by atoms with Crippen LogP contribution in [0.2, 0.25) is 0 Å². The lowest BCUT2D eigenvalue weighted by atomic mass is 9.96. The van der Waals surface area contributed by atoms with Gasteiger partial charge in [-0.25, -0.2) is 4.98 Å². The van der Waals surface area contributed by atoms with Crippen LogP contribution in [0.5, 0.6) is 0 Å². The van der Waals surface area contributed by atoms with Crippen molar-refractivity contribution in [3.8, 4) is 6.07 Å². The van der Waals surface area contributed by atoms with Gasteiger partial charge in [0, 0.05) is 25.2 Å². The van der Waals surface area contributed by atoms with E-state index in [1.165, 1.54) is 0 Å². The molecule has 0 aromatic carbocycles.